The Morgan fingerprint density at radius 1 is 1.47 bits per heavy atom. The van der Waals surface area contributed by atoms with Gasteiger partial charge in [-0.05, 0) is 6.42 Å². The maximum Gasteiger partial charge on any atom is 0.286 e. The number of hydrogen-bond donors (Lipinski definition) is 3. The van der Waals surface area contributed by atoms with Gasteiger partial charge in [0.1, 0.15) is 12.1 Å². The third-order valence-corrected chi connectivity index (χ3v) is 4.44. The van der Waals surface area contributed by atoms with E-state index in [0.717, 1.165) is 6.42 Å². The second-order valence-electron chi connectivity index (χ2n) is 3.75. The predicted octanol–water partition coefficient (Wildman–Crippen LogP) is -0.466. The van der Waals surface area contributed by atoms with Crippen LogP contribution in [0.1, 0.15) is 13.3 Å². The van der Waals surface area contributed by atoms with Gasteiger partial charge in [0.25, 0.3) is 6.02 Å². The van der Waals surface area contributed by atoms with Crippen molar-refractivity contribution in [2.45, 2.75) is 42.3 Å². The first-order chi connectivity index (χ1) is 7.17. The summed E-state index contributed by atoms with van der Waals surface area (Å²) in [5.41, 5.74) is -0.146. The minimum atomic E-state index is -0.791. The summed E-state index contributed by atoms with van der Waals surface area (Å²) in [7, 11) is 1.63. The summed E-state index contributed by atoms with van der Waals surface area (Å²) in [5, 5.41) is 22.7. The molecule has 5 nitrogen and oxygen atoms in total. The highest BCUT2D eigenvalue weighted by molar-refractivity contribution is 8.00. The number of amidine groups is 1. The van der Waals surface area contributed by atoms with Gasteiger partial charge >= 0.3 is 0 Å². The number of ether oxygens (including phenoxy) is 1. The number of rotatable bonds is 1. The van der Waals surface area contributed by atoms with Gasteiger partial charge in [0.05, 0.1) is 6.10 Å². The Morgan fingerprint density at radius 2 is 2.20 bits per heavy atom. The summed E-state index contributed by atoms with van der Waals surface area (Å²) in [5.74, 6) is 0. The van der Waals surface area contributed by atoms with Gasteiger partial charge in [0.2, 0.25) is 0 Å². The Morgan fingerprint density at radius 3 is 2.80 bits per heavy atom. The molecular formula is C9H16N2O3S. The molecule has 0 amide bonds. The maximum absolute atomic E-state index is 9.90. The Kier molecular flexibility index (Phi) is 3.08. The van der Waals surface area contributed by atoms with Gasteiger partial charge in [0.15, 0.2) is 5.44 Å². The molecule has 0 spiro atoms. The molecule has 0 aromatic carbocycles. The van der Waals surface area contributed by atoms with Gasteiger partial charge in [-0.15, -0.1) is 11.8 Å². The Labute approximate surface area is 92.9 Å². The van der Waals surface area contributed by atoms with Gasteiger partial charge < -0.3 is 20.3 Å². The fourth-order valence-corrected chi connectivity index (χ4v) is 3.33. The largest absolute Gasteiger partial charge is 0.449 e. The van der Waals surface area contributed by atoms with Crippen molar-refractivity contribution in [1.29, 1.82) is 0 Å². The normalized spacial score (nSPS) is 47.2. The molecule has 0 radical (unpaired) electrons. The molecule has 6 heteroatoms. The summed E-state index contributed by atoms with van der Waals surface area (Å²) < 4.78 is 5.50. The smallest absolute Gasteiger partial charge is 0.286 e. The van der Waals surface area contributed by atoms with E-state index in [1.165, 1.54) is 0 Å². The van der Waals surface area contributed by atoms with E-state index in [2.05, 4.69) is 10.3 Å². The average Bonchev–Trinajstić information content (AvgIpc) is 2.66. The number of aliphatic imine (C=N–C) groups is 1. The summed E-state index contributed by atoms with van der Waals surface area (Å²) >= 11 is 1.56. The highest BCUT2D eigenvalue weighted by atomic mass is 32.2. The number of nitrogens with zero attached hydrogens (tertiary/aromatic N) is 1. The zero-order chi connectivity index (χ0) is 11.0. The highest BCUT2D eigenvalue weighted by Gasteiger charge is 2.48. The molecule has 2 fully saturated rings. The van der Waals surface area contributed by atoms with E-state index >= 15 is 0 Å². The lowest BCUT2D eigenvalue weighted by Crippen LogP contribution is -2.55. The lowest BCUT2D eigenvalue weighted by molar-refractivity contribution is -0.0140. The van der Waals surface area contributed by atoms with Crippen LogP contribution in [0.5, 0.6) is 0 Å². The van der Waals surface area contributed by atoms with E-state index in [1.807, 2.05) is 6.92 Å². The van der Waals surface area contributed by atoms with Crippen LogP contribution < -0.4 is 5.32 Å². The average molecular weight is 232 g/mol. The van der Waals surface area contributed by atoms with Crippen molar-refractivity contribution < 1.29 is 14.9 Å². The van der Waals surface area contributed by atoms with Crippen molar-refractivity contribution in [2.24, 2.45) is 4.99 Å². The fourth-order valence-electron chi connectivity index (χ4n) is 1.93. The molecule has 2 rings (SSSR count). The first-order valence-electron chi connectivity index (χ1n) is 5.09. The van der Waals surface area contributed by atoms with E-state index in [0.29, 0.717) is 6.02 Å². The van der Waals surface area contributed by atoms with Crippen LogP contribution in [0.4, 0.5) is 0 Å². The number of aliphatic hydroxyl groups is 2. The van der Waals surface area contributed by atoms with E-state index in [9.17, 15) is 10.2 Å². The van der Waals surface area contributed by atoms with Gasteiger partial charge in [-0.2, -0.15) is 0 Å². The Hall–Kier alpha value is -0.460. The third kappa shape index (κ3) is 1.81. The first-order valence-corrected chi connectivity index (χ1v) is 6.03. The minimum Gasteiger partial charge on any atom is -0.449 e. The summed E-state index contributed by atoms with van der Waals surface area (Å²) in [6, 6.07) is 0.187. The Balaban J connectivity index is 2.13. The van der Waals surface area contributed by atoms with Crippen LogP contribution in [0.2, 0.25) is 0 Å². The molecule has 0 bridgehead atoms. The minimum absolute atomic E-state index is 0.0271. The maximum atomic E-state index is 9.90. The van der Waals surface area contributed by atoms with Crippen molar-refractivity contribution in [3.8, 4) is 0 Å². The topological polar surface area (TPSA) is 74.1 Å². The number of thioether (sulfide) groups is 1. The van der Waals surface area contributed by atoms with Crippen LogP contribution in [0, 0.1) is 0 Å². The zero-order valence-electron chi connectivity index (χ0n) is 8.75. The van der Waals surface area contributed by atoms with Crippen LogP contribution >= 0.6 is 11.8 Å². The molecule has 86 valence electrons. The summed E-state index contributed by atoms with van der Waals surface area (Å²) in [6.07, 6.45) is -0.678. The van der Waals surface area contributed by atoms with Crippen molar-refractivity contribution in [1.82, 2.24) is 5.32 Å². The Bertz CT molecular complexity index is 274. The number of fused-ring (bicyclic) bond motifs is 1. The van der Waals surface area contributed by atoms with E-state index < -0.39 is 12.2 Å². The molecule has 2 saturated heterocycles. The predicted molar refractivity (Wildman–Crippen MR) is 58.8 cm³/mol. The van der Waals surface area contributed by atoms with Crippen molar-refractivity contribution in [3.05, 3.63) is 0 Å². The van der Waals surface area contributed by atoms with Gasteiger partial charge in [0, 0.05) is 12.3 Å². The second-order valence-corrected chi connectivity index (χ2v) is 5.09. The monoisotopic (exact) mass is 232 g/mol. The van der Waals surface area contributed by atoms with E-state index in [4.69, 9.17) is 4.74 Å². The molecular weight excluding hydrogens is 216 g/mol. The van der Waals surface area contributed by atoms with Crippen molar-refractivity contribution in [2.75, 3.05) is 7.05 Å². The molecule has 0 saturated carbocycles. The molecule has 0 aromatic rings. The van der Waals surface area contributed by atoms with Crippen molar-refractivity contribution in [3.63, 3.8) is 0 Å². The highest BCUT2D eigenvalue weighted by Crippen LogP contribution is 2.37. The molecule has 3 N–H and O–H groups in total. The summed E-state index contributed by atoms with van der Waals surface area (Å²) in [6.45, 7) is 1.99. The van der Waals surface area contributed by atoms with E-state index in [1.54, 1.807) is 18.8 Å². The van der Waals surface area contributed by atoms with Gasteiger partial charge in [-0.3, -0.25) is 0 Å². The number of nitrogens with one attached hydrogen (secondary N) is 1. The SMILES string of the molecule is CC[C@H]1S[C@@H]2OC(=NC)N[C@@H]2[C@@H](O)[C@@H]1O. The number of hydrogen-bond acceptors (Lipinski definition) is 5. The zero-order valence-corrected chi connectivity index (χ0v) is 9.57. The lowest BCUT2D eigenvalue weighted by Gasteiger charge is -2.36. The molecule has 5 atom stereocenters. The third-order valence-electron chi connectivity index (χ3n) is 2.82. The number of aliphatic hydroxyl groups excluding tert-OH is 2. The second kappa shape index (κ2) is 4.19. The van der Waals surface area contributed by atoms with Crippen LogP contribution in [0.3, 0.4) is 0 Å². The molecule has 0 aliphatic carbocycles. The molecule has 0 aromatic heterocycles. The first kappa shape index (κ1) is 11.0. The van der Waals surface area contributed by atoms with Crippen molar-refractivity contribution >= 4 is 17.8 Å². The van der Waals surface area contributed by atoms with E-state index in [-0.39, 0.29) is 16.7 Å². The summed E-state index contributed by atoms with van der Waals surface area (Å²) in [4.78, 5) is 3.90. The lowest BCUT2D eigenvalue weighted by atomic mass is 10.0. The standard InChI is InChI=1S/C9H16N2O3S/c1-3-4-6(12)7(13)5-8(15-4)14-9(10-2)11-5/h4-8,12-13H,3H2,1-2H3,(H,10,11)/t4-,5-,6-,7-,8+/m1/s1. The molecule has 0 unspecified atom stereocenters. The quantitative estimate of drug-likeness (QED) is 0.570. The van der Waals surface area contributed by atoms with Gasteiger partial charge in [-0.1, -0.05) is 6.92 Å². The molecule has 2 aliphatic heterocycles. The van der Waals surface area contributed by atoms with Crippen LogP contribution in [-0.2, 0) is 4.74 Å². The van der Waals surface area contributed by atoms with Crippen LogP contribution in [0.25, 0.3) is 0 Å². The van der Waals surface area contributed by atoms with Crippen LogP contribution in [-0.4, -0.2) is 52.2 Å². The molecule has 2 heterocycles. The van der Waals surface area contributed by atoms with Gasteiger partial charge in [-0.25, -0.2) is 4.99 Å². The molecule has 2 aliphatic rings. The fraction of sp³-hybridized carbons (Fsp3) is 0.889. The molecule has 15 heavy (non-hydrogen) atoms. The van der Waals surface area contributed by atoms with Crippen LogP contribution in [0.15, 0.2) is 4.99 Å².